The Morgan fingerprint density at radius 2 is 1.88 bits per heavy atom. The van der Waals surface area contributed by atoms with Crippen LogP contribution in [0.2, 0.25) is 0 Å². The lowest BCUT2D eigenvalue weighted by Crippen LogP contribution is -2.43. The second-order valence-electron chi connectivity index (χ2n) is 5.74. The molecule has 0 radical (unpaired) electrons. The molecule has 24 heavy (non-hydrogen) atoms. The zero-order valence-electron chi connectivity index (χ0n) is 13.8. The quantitative estimate of drug-likeness (QED) is 0.916. The highest BCUT2D eigenvalue weighted by atomic mass is 16.6. The van der Waals surface area contributed by atoms with Gasteiger partial charge >= 0.3 is 0 Å². The second kappa shape index (κ2) is 7.36. The Morgan fingerprint density at radius 3 is 2.54 bits per heavy atom. The molecule has 0 aliphatic carbocycles. The number of hydrogen-bond acceptors (Lipinski definition) is 4. The Kier molecular flexibility index (Phi) is 5.01. The first-order chi connectivity index (χ1) is 11.7. The predicted octanol–water partition coefficient (Wildman–Crippen LogP) is 2.45. The van der Waals surface area contributed by atoms with Crippen molar-refractivity contribution in [3.63, 3.8) is 0 Å². The molecule has 5 heteroatoms. The molecule has 0 saturated carbocycles. The maximum atomic E-state index is 12.7. The molecule has 3 rings (SSSR count). The number of hydrogen-bond donors (Lipinski definition) is 1. The van der Waals surface area contributed by atoms with Gasteiger partial charge in [0.05, 0.1) is 6.54 Å². The molecular formula is C19H22N2O3. The van der Waals surface area contributed by atoms with Crippen LogP contribution in [0.15, 0.2) is 48.5 Å². The summed E-state index contributed by atoms with van der Waals surface area (Å²) in [7, 11) is 0. The van der Waals surface area contributed by atoms with Crippen LogP contribution in [0.1, 0.15) is 22.8 Å². The van der Waals surface area contributed by atoms with E-state index in [0.29, 0.717) is 31.8 Å². The van der Waals surface area contributed by atoms with E-state index in [1.54, 1.807) is 4.90 Å². The summed E-state index contributed by atoms with van der Waals surface area (Å²) in [4.78, 5) is 14.5. The maximum absolute atomic E-state index is 12.7. The predicted molar refractivity (Wildman–Crippen MR) is 92.3 cm³/mol. The number of rotatable bonds is 5. The van der Waals surface area contributed by atoms with Crippen LogP contribution in [-0.2, 0) is 6.54 Å². The number of nitrogens with two attached hydrogens (primary N) is 1. The molecule has 1 aliphatic rings. The van der Waals surface area contributed by atoms with Crippen LogP contribution in [0.3, 0.4) is 0 Å². The Morgan fingerprint density at radius 1 is 1.17 bits per heavy atom. The van der Waals surface area contributed by atoms with Crippen molar-refractivity contribution in [3.8, 4) is 11.5 Å². The van der Waals surface area contributed by atoms with E-state index < -0.39 is 0 Å². The third kappa shape index (κ3) is 3.51. The van der Waals surface area contributed by atoms with Gasteiger partial charge in [0.25, 0.3) is 5.91 Å². The fourth-order valence-corrected chi connectivity index (χ4v) is 2.72. The van der Waals surface area contributed by atoms with Gasteiger partial charge in [0.2, 0.25) is 0 Å². The van der Waals surface area contributed by atoms with Gasteiger partial charge in [-0.25, -0.2) is 0 Å². The molecule has 0 aromatic heterocycles. The van der Waals surface area contributed by atoms with Crippen LogP contribution >= 0.6 is 0 Å². The van der Waals surface area contributed by atoms with E-state index in [1.807, 2.05) is 55.5 Å². The van der Waals surface area contributed by atoms with Crippen molar-refractivity contribution in [2.75, 3.05) is 19.7 Å². The van der Waals surface area contributed by atoms with Crippen molar-refractivity contribution in [2.45, 2.75) is 19.6 Å². The van der Waals surface area contributed by atoms with Crippen molar-refractivity contribution in [1.82, 2.24) is 4.90 Å². The van der Waals surface area contributed by atoms with Gasteiger partial charge in [0.15, 0.2) is 17.6 Å². The number of benzene rings is 2. The van der Waals surface area contributed by atoms with Crippen molar-refractivity contribution >= 4 is 5.91 Å². The third-order valence-corrected chi connectivity index (χ3v) is 4.10. The van der Waals surface area contributed by atoms with E-state index in [0.717, 1.165) is 17.1 Å². The molecule has 1 aliphatic heterocycles. The highest BCUT2D eigenvalue weighted by molar-refractivity contribution is 5.94. The van der Waals surface area contributed by atoms with Crippen molar-refractivity contribution < 1.29 is 14.3 Å². The number of likely N-dealkylation sites (N-methyl/N-ethyl adjacent to an activating group) is 1. The van der Waals surface area contributed by atoms with E-state index in [2.05, 4.69) is 0 Å². The van der Waals surface area contributed by atoms with Gasteiger partial charge in [0, 0.05) is 18.7 Å². The molecule has 2 N–H and O–H groups in total. The van der Waals surface area contributed by atoms with E-state index in [9.17, 15) is 4.79 Å². The number of ether oxygens (including phenoxy) is 2. The lowest BCUT2D eigenvalue weighted by atomic mass is 10.1. The normalized spacial score (nSPS) is 15.8. The molecule has 1 amide bonds. The molecule has 1 atom stereocenters. The maximum Gasteiger partial charge on any atom is 0.253 e. The largest absolute Gasteiger partial charge is 0.486 e. The zero-order valence-corrected chi connectivity index (χ0v) is 13.8. The smallest absolute Gasteiger partial charge is 0.253 e. The average molecular weight is 326 g/mol. The standard InChI is InChI=1S/C19H22N2O3/c1-2-21(19(22)15-9-7-14(11-20)8-10-15)12-16-13-23-17-5-3-4-6-18(17)24-16/h3-10,16H,2,11-13,20H2,1H3. The van der Waals surface area contributed by atoms with Crippen LogP contribution in [0.4, 0.5) is 0 Å². The summed E-state index contributed by atoms with van der Waals surface area (Å²) >= 11 is 0. The summed E-state index contributed by atoms with van der Waals surface area (Å²) in [6.45, 7) is 3.97. The fourth-order valence-electron chi connectivity index (χ4n) is 2.72. The molecule has 0 bridgehead atoms. The molecule has 0 fully saturated rings. The molecule has 1 heterocycles. The van der Waals surface area contributed by atoms with Gasteiger partial charge < -0.3 is 20.1 Å². The van der Waals surface area contributed by atoms with Crippen molar-refractivity contribution in [1.29, 1.82) is 0 Å². The summed E-state index contributed by atoms with van der Waals surface area (Å²) < 4.78 is 11.7. The Hall–Kier alpha value is -2.53. The molecule has 1 unspecified atom stereocenters. The number of fused-ring (bicyclic) bond motifs is 1. The molecule has 2 aromatic carbocycles. The molecule has 126 valence electrons. The van der Waals surface area contributed by atoms with E-state index in [1.165, 1.54) is 0 Å². The van der Waals surface area contributed by atoms with Gasteiger partial charge in [-0.05, 0) is 36.8 Å². The minimum atomic E-state index is -0.174. The molecule has 2 aromatic rings. The average Bonchev–Trinajstić information content (AvgIpc) is 2.65. The lowest BCUT2D eigenvalue weighted by Gasteiger charge is -2.31. The minimum Gasteiger partial charge on any atom is -0.486 e. The summed E-state index contributed by atoms with van der Waals surface area (Å²) in [5.74, 6) is 1.47. The number of nitrogens with zero attached hydrogens (tertiary/aromatic N) is 1. The molecular weight excluding hydrogens is 304 g/mol. The number of amides is 1. The monoisotopic (exact) mass is 326 g/mol. The Bertz CT molecular complexity index is 700. The molecule has 0 spiro atoms. The van der Waals surface area contributed by atoms with Gasteiger partial charge in [-0.1, -0.05) is 24.3 Å². The minimum absolute atomic E-state index is 0.0106. The van der Waals surface area contributed by atoms with Crippen LogP contribution in [0, 0.1) is 0 Å². The summed E-state index contributed by atoms with van der Waals surface area (Å²) in [5, 5.41) is 0. The summed E-state index contributed by atoms with van der Waals surface area (Å²) in [6, 6.07) is 15.0. The van der Waals surface area contributed by atoms with Crippen molar-refractivity contribution in [2.24, 2.45) is 5.73 Å². The fraction of sp³-hybridized carbons (Fsp3) is 0.316. The van der Waals surface area contributed by atoms with Crippen molar-refractivity contribution in [3.05, 3.63) is 59.7 Å². The van der Waals surface area contributed by atoms with Crippen LogP contribution in [-0.4, -0.2) is 36.6 Å². The second-order valence-corrected chi connectivity index (χ2v) is 5.74. The highest BCUT2D eigenvalue weighted by Crippen LogP contribution is 2.31. The topological polar surface area (TPSA) is 64.8 Å². The SMILES string of the molecule is CCN(CC1COc2ccccc2O1)C(=O)c1ccc(CN)cc1. The van der Waals surface area contributed by atoms with E-state index >= 15 is 0 Å². The van der Waals surface area contributed by atoms with E-state index in [-0.39, 0.29) is 12.0 Å². The Labute approximate surface area is 142 Å². The number of carbonyl (C=O) groups excluding carboxylic acids is 1. The highest BCUT2D eigenvalue weighted by Gasteiger charge is 2.25. The van der Waals surface area contributed by atoms with Gasteiger partial charge in [0.1, 0.15) is 6.61 Å². The summed E-state index contributed by atoms with van der Waals surface area (Å²) in [5.41, 5.74) is 7.27. The first kappa shape index (κ1) is 16.3. The third-order valence-electron chi connectivity index (χ3n) is 4.10. The first-order valence-corrected chi connectivity index (χ1v) is 8.18. The number of carbonyl (C=O) groups is 1. The lowest BCUT2D eigenvalue weighted by molar-refractivity contribution is 0.0475. The van der Waals surface area contributed by atoms with Crippen LogP contribution < -0.4 is 15.2 Å². The summed E-state index contributed by atoms with van der Waals surface area (Å²) in [6.07, 6.45) is -0.174. The zero-order chi connectivity index (χ0) is 16.9. The Balaban J connectivity index is 1.67. The first-order valence-electron chi connectivity index (χ1n) is 8.18. The molecule has 0 saturated heterocycles. The molecule has 5 nitrogen and oxygen atoms in total. The van der Waals surface area contributed by atoms with Crippen LogP contribution in [0.5, 0.6) is 11.5 Å². The van der Waals surface area contributed by atoms with Gasteiger partial charge in [-0.15, -0.1) is 0 Å². The number of para-hydroxylation sites is 2. The van der Waals surface area contributed by atoms with Gasteiger partial charge in [-0.3, -0.25) is 4.79 Å². The van der Waals surface area contributed by atoms with E-state index in [4.69, 9.17) is 15.2 Å². The van der Waals surface area contributed by atoms with Gasteiger partial charge in [-0.2, -0.15) is 0 Å². The van der Waals surface area contributed by atoms with Crippen LogP contribution in [0.25, 0.3) is 0 Å².